The van der Waals surface area contributed by atoms with Gasteiger partial charge in [-0.25, -0.2) is 9.37 Å². The number of nitrogens with zero attached hydrogens (tertiary/aromatic N) is 3. The maximum absolute atomic E-state index is 13.1. The molecule has 0 atom stereocenters. The number of rotatable bonds is 2. The Labute approximate surface area is 129 Å². The van der Waals surface area contributed by atoms with Gasteiger partial charge in [-0.2, -0.15) is 0 Å². The first-order valence-corrected chi connectivity index (χ1v) is 7.54. The molecule has 0 fully saturated rings. The largest absolute Gasteiger partial charge is 0.383 e. The summed E-state index contributed by atoms with van der Waals surface area (Å²) in [5.41, 5.74) is 9.76. The summed E-state index contributed by atoms with van der Waals surface area (Å²) in [6, 6.07) is 10.0. The molecule has 1 aromatic carbocycles. The third kappa shape index (κ3) is 1.96. The van der Waals surface area contributed by atoms with E-state index in [9.17, 15) is 4.39 Å². The van der Waals surface area contributed by atoms with E-state index in [0.717, 1.165) is 21.8 Å². The van der Waals surface area contributed by atoms with Crippen molar-refractivity contribution in [3.05, 3.63) is 60.0 Å². The van der Waals surface area contributed by atoms with Crippen LogP contribution in [0.25, 0.3) is 27.5 Å². The molecule has 0 aliphatic heterocycles. The Morgan fingerprint density at radius 3 is 2.45 bits per heavy atom. The molecule has 0 aliphatic rings. The fourth-order valence-electron chi connectivity index (χ4n) is 2.42. The highest BCUT2D eigenvalue weighted by molar-refractivity contribution is 7.15. The highest BCUT2D eigenvalue weighted by atomic mass is 32.1. The number of aromatic nitrogens is 3. The van der Waals surface area contributed by atoms with Crippen molar-refractivity contribution in [1.29, 1.82) is 0 Å². The summed E-state index contributed by atoms with van der Waals surface area (Å²) in [6.45, 7) is 0. The van der Waals surface area contributed by atoms with Gasteiger partial charge in [0, 0.05) is 28.9 Å². The summed E-state index contributed by atoms with van der Waals surface area (Å²) >= 11 is 1.52. The molecule has 0 amide bonds. The van der Waals surface area contributed by atoms with Crippen molar-refractivity contribution in [1.82, 2.24) is 14.4 Å². The number of nitrogen functional groups attached to an aromatic ring is 1. The lowest BCUT2D eigenvalue weighted by atomic mass is 10.1. The molecule has 0 radical (unpaired) electrons. The molecule has 0 aliphatic carbocycles. The third-order valence-electron chi connectivity index (χ3n) is 3.49. The number of benzene rings is 1. The van der Waals surface area contributed by atoms with Crippen molar-refractivity contribution in [3.63, 3.8) is 0 Å². The maximum Gasteiger partial charge on any atom is 0.196 e. The van der Waals surface area contributed by atoms with Crippen molar-refractivity contribution in [2.24, 2.45) is 0 Å². The molecule has 0 saturated heterocycles. The topological polar surface area (TPSA) is 56.2 Å². The molecule has 108 valence electrons. The lowest BCUT2D eigenvalue weighted by molar-refractivity contribution is 0.628. The predicted octanol–water partition coefficient (Wildman–Crippen LogP) is 3.85. The zero-order chi connectivity index (χ0) is 15.1. The zero-order valence-corrected chi connectivity index (χ0v) is 12.2. The Bertz CT molecular complexity index is 942. The summed E-state index contributed by atoms with van der Waals surface area (Å²) < 4.78 is 15.0. The minimum Gasteiger partial charge on any atom is -0.383 e. The Hall–Kier alpha value is -2.73. The standard InChI is InChI=1S/C16H11FN4S/c17-12-3-1-11(2-4-12)14-15(18)21-13(9-22-16(21)20-14)10-5-7-19-8-6-10/h1-9H,18H2. The Morgan fingerprint density at radius 2 is 1.73 bits per heavy atom. The van der Waals surface area contributed by atoms with E-state index >= 15 is 0 Å². The van der Waals surface area contributed by atoms with Crippen LogP contribution in [-0.4, -0.2) is 14.4 Å². The van der Waals surface area contributed by atoms with E-state index in [-0.39, 0.29) is 5.82 Å². The van der Waals surface area contributed by atoms with Gasteiger partial charge < -0.3 is 5.73 Å². The molecule has 0 saturated carbocycles. The van der Waals surface area contributed by atoms with Gasteiger partial charge in [0.05, 0.1) is 5.69 Å². The molecular weight excluding hydrogens is 299 g/mol. The summed E-state index contributed by atoms with van der Waals surface area (Å²) in [7, 11) is 0. The Kier molecular flexibility index (Phi) is 2.90. The first-order chi connectivity index (χ1) is 10.7. The van der Waals surface area contributed by atoms with Crippen LogP contribution >= 0.6 is 11.3 Å². The van der Waals surface area contributed by atoms with Gasteiger partial charge in [-0.15, -0.1) is 11.3 Å². The van der Waals surface area contributed by atoms with Crippen LogP contribution in [0.4, 0.5) is 10.2 Å². The van der Waals surface area contributed by atoms with Gasteiger partial charge in [-0.05, 0) is 36.4 Å². The SMILES string of the molecule is Nc1c(-c2ccc(F)cc2)nc2scc(-c3ccncc3)n12. The average molecular weight is 310 g/mol. The lowest BCUT2D eigenvalue weighted by Gasteiger charge is -2.02. The first kappa shape index (κ1) is 13.0. The summed E-state index contributed by atoms with van der Waals surface area (Å²) in [4.78, 5) is 9.42. The fourth-order valence-corrected chi connectivity index (χ4v) is 3.33. The van der Waals surface area contributed by atoms with Crippen molar-refractivity contribution in [3.8, 4) is 22.5 Å². The number of pyridine rings is 1. The minimum absolute atomic E-state index is 0.277. The van der Waals surface area contributed by atoms with Crippen LogP contribution in [0.15, 0.2) is 54.2 Å². The fraction of sp³-hybridized carbons (Fsp3) is 0. The minimum atomic E-state index is -0.277. The van der Waals surface area contributed by atoms with Gasteiger partial charge in [-0.3, -0.25) is 9.38 Å². The molecule has 0 spiro atoms. The van der Waals surface area contributed by atoms with E-state index in [1.165, 1.54) is 23.5 Å². The molecule has 6 heteroatoms. The van der Waals surface area contributed by atoms with Gasteiger partial charge in [-0.1, -0.05) is 0 Å². The van der Waals surface area contributed by atoms with Crippen molar-refractivity contribution < 1.29 is 4.39 Å². The van der Waals surface area contributed by atoms with Crippen LogP contribution in [0, 0.1) is 5.82 Å². The van der Waals surface area contributed by atoms with Crippen LogP contribution in [0.3, 0.4) is 0 Å². The van der Waals surface area contributed by atoms with Crippen molar-refractivity contribution in [2.75, 3.05) is 5.73 Å². The molecule has 2 N–H and O–H groups in total. The van der Waals surface area contributed by atoms with Gasteiger partial charge in [0.15, 0.2) is 4.96 Å². The van der Waals surface area contributed by atoms with Crippen LogP contribution in [0.2, 0.25) is 0 Å². The zero-order valence-electron chi connectivity index (χ0n) is 11.4. The van der Waals surface area contributed by atoms with Crippen LogP contribution in [-0.2, 0) is 0 Å². The highest BCUT2D eigenvalue weighted by Crippen LogP contribution is 2.34. The lowest BCUT2D eigenvalue weighted by Crippen LogP contribution is -1.95. The van der Waals surface area contributed by atoms with E-state index in [0.29, 0.717) is 11.5 Å². The number of thiazole rings is 1. The molecule has 0 unspecified atom stereocenters. The number of fused-ring (bicyclic) bond motifs is 1. The summed E-state index contributed by atoms with van der Waals surface area (Å²) in [6.07, 6.45) is 3.49. The van der Waals surface area contributed by atoms with Gasteiger partial charge in [0.1, 0.15) is 17.3 Å². The molecule has 3 aromatic heterocycles. The van der Waals surface area contributed by atoms with Crippen LogP contribution in [0.5, 0.6) is 0 Å². The third-order valence-corrected chi connectivity index (χ3v) is 4.32. The van der Waals surface area contributed by atoms with Gasteiger partial charge >= 0.3 is 0 Å². The van der Waals surface area contributed by atoms with Crippen LogP contribution < -0.4 is 5.73 Å². The monoisotopic (exact) mass is 310 g/mol. The molecule has 22 heavy (non-hydrogen) atoms. The number of nitrogens with two attached hydrogens (primary N) is 1. The summed E-state index contributed by atoms with van der Waals surface area (Å²) in [5, 5.41) is 2.02. The molecule has 4 nitrogen and oxygen atoms in total. The second-order valence-electron chi connectivity index (χ2n) is 4.83. The molecule has 4 rings (SSSR count). The van der Waals surface area contributed by atoms with E-state index < -0.39 is 0 Å². The predicted molar refractivity (Wildman–Crippen MR) is 86.1 cm³/mol. The first-order valence-electron chi connectivity index (χ1n) is 6.66. The number of anilines is 1. The highest BCUT2D eigenvalue weighted by Gasteiger charge is 2.16. The number of imidazole rings is 1. The van der Waals surface area contributed by atoms with Gasteiger partial charge in [0.2, 0.25) is 0 Å². The maximum atomic E-state index is 13.1. The summed E-state index contributed by atoms with van der Waals surface area (Å²) in [5.74, 6) is 0.274. The Balaban J connectivity index is 1.92. The smallest absolute Gasteiger partial charge is 0.196 e. The van der Waals surface area contributed by atoms with E-state index in [1.807, 2.05) is 21.9 Å². The average Bonchev–Trinajstić information content (AvgIpc) is 3.10. The van der Waals surface area contributed by atoms with Crippen molar-refractivity contribution >= 4 is 22.1 Å². The molecule has 4 aromatic rings. The van der Waals surface area contributed by atoms with Crippen LogP contribution in [0.1, 0.15) is 0 Å². The normalized spacial score (nSPS) is 11.1. The van der Waals surface area contributed by atoms with E-state index in [1.54, 1.807) is 24.5 Å². The van der Waals surface area contributed by atoms with E-state index in [2.05, 4.69) is 9.97 Å². The molecular formula is C16H11FN4S. The van der Waals surface area contributed by atoms with E-state index in [4.69, 9.17) is 5.73 Å². The Morgan fingerprint density at radius 1 is 1.00 bits per heavy atom. The van der Waals surface area contributed by atoms with Crippen molar-refractivity contribution in [2.45, 2.75) is 0 Å². The van der Waals surface area contributed by atoms with Gasteiger partial charge in [0.25, 0.3) is 0 Å². The quantitative estimate of drug-likeness (QED) is 0.612. The number of hydrogen-bond acceptors (Lipinski definition) is 4. The molecule has 0 bridgehead atoms. The number of halogens is 1. The second-order valence-corrected chi connectivity index (χ2v) is 5.66. The number of hydrogen-bond donors (Lipinski definition) is 1. The second kappa shape index (κ2) is 4.92. The molecule has 3 heterocycles.